The highest BCUT2D eigenvalue weighted by Crippen LogP contribution is 2.39. The van der Waals surface area contributed by atoms with Crippen molar-refractivity contribution < 1.29 is 9.90 Å². The molecule has 1 N–H and O–H groups in total. The predicted octanol–water partition coefficient (Wildman–Crippen LogP) is 3.65. The Balaban J connectivity index is 2.61. The van der Waals surface area contributed by atoms with Crippen LogP contribution >= 0.6 is 11.8 Å². The van der Waals surface area contributed by atoms with Crippen LogP contribution < -0.4 is 0 Å². The zero-order chi connectivity index (χ0) is 12.3. The summed E-state index contributed by atoms with van der Waals surface area (Å²) < 4.78 is 0. The van der Waals surface area contributed by atoms with Gasteiger partial charge in [-0.3, -0.25) is 4.79 Å². The number of carboxylic acids is 1. The van der Waals surface area contributed by atoms with Crippen LogP contribution in [0.5, 0.6) is 0 Å². The van der Waals surface area contributed by atoms with Crippen molar-refractivity contribution in [1.82, 2.24) is 0 Å². The van der Waals surface area contributed by atoms with Crippen LogP contribution in [0.4, 0.5) is 0 Å². The van der Waals surface area contributed by atoms with Crippen LogP contribution in [-0.2, 0) is 4.79 Å². The molecule has 0 bridgehead atoms. The van der Waals surface area contributed by atoms with Crippen LogP contribution in [0.2, 0.25) is 0 Å². The molecule has 0 spiro atoms. The Bertz CT molecular complexity index is 240. The summed E-state index contributed by atoms with van der Waals surface area (Å²) in [4.78, 5) is 11.2. The van der Waals surface area contributed by atoms with Gasteiger partial charge in [-0.05, 0) is 31.1 Å². The quantitative estimate of drug-likeness (QED) is 0.820. The fraction of sp³-hybridized carbons (Fsp3) is 0.923. The summed E-state index contributed by atoms with van der Waals surface area (Å²) in [6, 6.07) is 0. The molecule has 0 aliphatic heterocycles. The Kier molecular flexibility index (Phi) is 5.16. The van der Waals surface area contributed by atoms with Gasteiger partial charge in [-0.25, -0.2) is 0 Å². The van der Waals surface area contributed by atoms with Crippen molar-refractivity contribution in [2.75, 3.05) is 0 Å². The fourth-order valence-electron chi connectivity index (χ4n) is 2.19. The maximum Gasteiger partial charge on any atom is 0.307 e. The number of aliphatic carboxylic acids is 1. The smallest absolute Gasteiger partial charge is 0.307 e. The van der Waals surface area contributed by atoms with Crippen molar-refractivity contribution >= 4 is 17.7 Å². The first-order chi connectivity index (χ1) is 7.41. The van der Waals surface area contributed by atoms with Gasteiger partial charge in [-0.2, -0.15) is 11.8 Å². The lowest BCUT2D eigenvalue weighted by molar-refractivity contribution is -0.142. The lowest BCUT2D eigenvalue weighted by atomic mass is 9.82. The number of hydrogen-bond acceptors (Lipinski definition) is 2. The van der Waals surface area contributed by atoms with E-state index in [4.69, 9.17) is 0 Å². The molecule has 4 unspecified atom stereocenters. The first kappa shape index (κ1) is 13.9. The summed E-state index contributed by atoms with van der Waals surface area (Å²) >= 11 is 1.89. The van der Waals surface area contributed by atoms with E-state index < -0.39 is 5.97 Å². The standard InChI is InChI=1S/C13H24O2S/c1-8(2)10(4)16-12-7-9(3)5-6-11(12)13(14)15/h8-12H,5-7H2,1-4H3,(H,14,15). The third kappa shape index (κ3) is 3.69. The molecule has 94 valence electrons. The molecule has 0 aromatic heterocycles. The Hall–Kier alpha value is -0.180. The van der Waals surface area contributed by atoms with E-state index >= 15 is 0 Å². The number of rotatable bonds is 4. The van der Waals surface area contributed by atoms with Gasteiger partial charge in [0.25, 0.3) is 0 Å². The molecule has 16 heavy (non-hydrogen) atoms. The average molecular weight is 244 g/mol. The van der Waals surface area contributed by atoms with Crippen molar-refractivity contribution in [2.24, 2.45) is 17.8 Å². The minimum Gasteiger partial charge on any atom is -0.481 e. The summed E-state index contributed by atoms with van der Waals surface area (Å²) in [5, 5.41) is 10.1. The van der Waals surface area contributed by atoms with Gasteiger partial charge in [-0.1, -0.05) is 27.7 Å². The molecule has 1 aliphatic rings. The average Bonchev–Trinajstić information content (AvgIpc) is 2.16. The minimum atomic E-state index is -0.597. The molecular weight excluding hydrogens is 220 g/mol. The summed E-state index contributed by atoms with van der Waals surface area (Å²) in [5.74, 6) is 0.590. The Morgan fingerprint density at radius 1 is 1.31 bits per heavy atom. The SMILES string of the molecule is CC1CCC(C(=O)O)C(SC(C)C(C)C)C1. The van der Waals surface area contributed by atoms with Crippen LogP contribution in [0, 0.1) is 17.8 Å². The largest absolute Gasteiger partial charge is 0.481 e. The number of carbonyl (C=O) groups is 1. The van der Waals surface area contributed by atoms with Gasteiger partial charge in [0.05, 0.1) is 5.92 Å². The van der Waals surface area contributed by atoms with Crippen LogP contribution in [-0.4, -0.2) is 21.6 Å². The third-order valence-electron chi connectivity index (χ3n) is 3.70. The molecule has 1 aliphatic carbocycles. The second-order valence-corrected chi connectivity index (χ2v) is 7.11. The molecular formula is C13H24O2S. The maximum atomic E-state index is 11.2. The second-order valence-electron chi connectivity index (χ2n) is 5.49. The topological polar surface area (TPSA) is 37.3 Å². The van der Waals surface area contributed by atoms with Gasteiger partial charge in [-0.15, -0.1) is 0 Å². The number of hydrogen-bond donors (Lipinski definition) is 1. The van der Waals surface area contributed by atoms with E-state index in [2.05, 4.69) is 27.7 Å². The fourth-order valence-corrected chi connectivity index (χ4v) is 3.94. The molecule has 0 aromatic carbocycles. The summed E-state index contributed by atoms with van der Waals surface area (Å²) in [6.45, 7) is 8.87. The first-order valence-electron chi connectivity index (χ1n) is 6.30. The molecule has 2 nitrogen and oxygen atoms in total. The zero-order valence-corrected chi connectivity index (χ0v) is 11.6. The van der Waals surface area contributed by atoms with E-state index in [1.807, 2.05) is 11.8 Å². The minimum absolute atomic E-state index is 0.123. The first-order valence-corrected chi connectivity index (χ1v) is 7.24. The zero-order valence-electron chi connectivity index (χ0n) is 10.8. The molecule has 3 heteroatoms. The van der Waals surface area contributed by atoms with Crippen LogP contribution in [0.1, 0.15) is 47.0 Å². The molecule has 4 atom stereocenters. The van der Waals surface area contributed by atoms with Crippen LogP contribution in [0.25, 0.3) is 0 Å². The molecule has 0 radical (unpaired) electrons. The van der Waals surface area contributed by atoms with Crippen molar-refractivity contribution in [2.45, 2.75) is 57.5 Å². The van der Waals surface area contributed by atoms with Gasteiger partial charge >= 0.3 is 5.97 Å². The van der Waals surface area contributed by atoms with Gasteiger partial charge in [0.2, 0.25) is 0 Å². The predicted molar refractivity (Wildman–Crippen MR) is 69.8 cm³/mol. The van der Waals surface area contributed by atoms with Crippen molar-refractivity contribution in [3.8, 4) is 0 Å². The maximum absolute atomic E-state index is 11.2. The Labute approximate surface area is 103 Å². The van der Waals surface area contributed by atoms with Gasteiger partial charge < -0.3 is 5.11 Å². The van der Waals surface area contributed by atoms with Crippen LogP contribution in [0.3, 0.4) is 0 Å². The number of thioether (sulfide) groups is 1. The van der Waals surface area contributed by atoms with Crippen molar-refractivity contribution in [3.63, 3.8) is 0 Å². The summed E-state index contributed by atoms with van der Waals surface area (Å²) in [6.07, 6.45) is 3.00. The Morgan fingerprint density at radius 2 is 1.94 bits per heavy atom. The molecule has 1 rings (SSSR count). The molecule has 1 saturated carbocycles. The van der Waals surface area contributed by atoms with E-state index in [0.29, 0.717) is 22.3 Å². The van der Waals surface area contributed by atoms with Gasteiger partial charge in [0.15, 0.2) is 0 Å². The van der Waals surface area contributed by atoms with Crippen molar-refractivity contribution in [1.29, 1.82) is 0 Å². The summed E-state index contributed by atoms with van der Waals surface area (Å²) in [5.41, 5.74) is 0. The Morgan fingerprint density at radius 3 is 2.44 bits per heavy atom. The van der Waals surface area contributed by atoms with Crippen molar-refractivity contribution in [3.05, 3.63) is 0 Å². The lowest BCUT2D eigenvalue weighted by Gasteiger charge is -2.34. The second kappa shape index (κ2) is 5.95. The van der Waals surface area contributed by atoms with Crippen LogP contribution in [0.15, 0.2) is 0 Å². The molecule has 0 saturated heterocycles. The number of carboxylic acid groups (broad SMARTS) is 1. The van der Waals surface area contributed by atoms with E-state index in [0.717, 1.165) is 19.3 Å². The lowest BCUT2D eigenvalue weighted by Crippen LogP contribution is -2.33. The van der Waals surface area contributed by atoms with E-state index in [1.54, 1.807) is 0 Å². The van der Waals surface area contributed by atoms with E-state index in [9.17, 15) is 9.90 Å². The third-order valence-corrected chi connectivity index (χ3v) is 5.54. The normalized spacial score (nSPS) is 32.7. The molecule has 0 amide bonds. The molecule has 0 heterocycles. The summed E-state index contributed by atoms with van der Waals surface area (Å²) in [7, 11) is 0. The molecule has 0 aromatic rings. The highest BCUT2D eigenvalue weighted by atomic mass is 32.2. The highest BCUT2D eigenvalue weighted by molar-refractivity contribution is 8.00. The van der Waals surface area contributed by atoms with Gasteiger partial charge in [0, 0.05) is 10.5 Å². The van der Waals surface area contributed by atoms with Gasteiger partial charge in [0.1, 0.15) is 0 Å². The highest BCUT2D eigenvalue weighted by Gasteiger charge is 2.35. The monoisotopic (exact) mass is 244 g/mol. The van der Waals surface area contributed by atoms with E-state index in [-0.39, 0.29) is 5.92 Å². The molecule has 1 fully saturated rings. The van der Waals surface area contributed by atoms with E-state index in [1.165, 1.54) is 0 Å².